The Morgan fingerprint density at radius 3 is 2.39 bits per heavy atom. The maximum atomic E-state index is 5.63. The fourth-order valence-electron chi connectivity index (χ4n) is 1.91. The minimum absolute atomic E-state index is 0.193. The number of nitrogens with one attached hydrogen (secondary N) is 1. The second-order valence-electron chi connectivity index (χ2n) is 5.69. The molecule has 1 aromatic rings. The first-order chi connectivity index (χ1) is 8.39. The predicted molar refractivity (Wildman–Crippen MR) is 78.4 cm³/mol. The number of ether oxygens (including phenoxy) is 1. The smallest absolute Gasteiger partial charge is 0.142 e. The van der Waals surface area contributed by atoms with E-state index in [1.165, 1.54) is 11.1 Å². The van der Waals surface area contributed by atoms with Gasteiger partial charge >= 0.3 is 0 Å². The van der Waals surface area contributed by atoms with Crippen molar-refractivity contribution in [3.63, 3.8) is 0 Å². The molecule has 0 spiro atoms. The highest BCUT2D eigenvalue weighted by atomic mass is 16.5. The van der Waals surface area contributed by atoms with Crippen LogP contribution in [0.1, 0.15) is 31.4 Å². The predicted octanol–water partition coefficient (Wildman–Crippen LogP) is 3.10. The van der Waals surface area contributed by atoms with Gasteiger partial charge in [0.2, 0.25) is 0 Å². The van der Waals surface area contributed by atoms with E-state index in [0.717, 1.165) is 30.9 Å². The van der Waals surface area contributed by atoms with Gasteiger partial charge in [-0.3, -0.25) is 0 Å². The van der Waals surface area contributed by atoms with Crippen LogP contribution in [0.4, 0.5) is 5.69 Å². The van der Waals surface area contributed by atoms with E-state index in [4.69, 9.17) is 10.5 Å². The first-order valence-electron chi connectivity index (χ1n) is 6.49. The quantitative estimate of drug-likeness (QED) is 0.815. The highest BCUT2D eigenvalue weighted by Crippen LogP contribution is 2.29. The van der Waals surface area contributed by atoms with Crippen molar-refractivity contribution in [3.8, 4) is 5.75 Å². The van der Waals surface area contributed by atoms with Crippen LogP contribution >= 0.6 is 0 Å². The van der Waals surface area contributed by atoms with Crippen LogP contribution in [0, 0.1) is 19.3 Å². The van der Waals surface area contributed by atoms with Crippen molar-refractivity contribution in [1.82, 2.24) is 0 Å². The number of hydrogen-bond acceptors (Lipinski definition) is 3. The largest absolute Gasteiger partial charge is 0.495 e. The fourth-order valence-corrected chi connectivity index (χ4v) is 1.91. The average Bonchev–Trinajstić information content (AvgIpc) is 2.30. The van der Waals surface area contributed by atoms with Crippen molar-refractivity contribution >= 4 is 5.69 Å². The zero-order valence-corrected chi connectivity index (χ0v) is 12.3. The van der Waals surface area contributed by atoms with Gasteiger partial charge < -0.3 is 15.8 Å². The molecule has 1 aromatic carbocycles. The van der Waals surface area contributed by atoms with Crippen LogP contribution in [-0.4, -0.2) is 20.2 Å². The van der Waals surface area contributed by atoms with Gasteiger partial charge in [-0.25, -0.2) is 0 Å². The Labute approximate surface area is 111 Å². The topological polar surface area (TPSA) is 47.3 Å². The molecule has 3 nitrogen and oxygen atoms in total. The maximum Gasteiger partial charge on any atom is 0.142 e. The molecule has 0 amide bonds. The number of benzene rings is 1. The van der Waals surface area contributed by atoms with Crippen LogP contribution in [0.3, 0.4) is 0 Å². The SMILES string of the molecule is COc1cc(C)c(C)cc1NCC(C)(C)CCN. The summed E-state index contributed by atoms with van der Waals surface area (Å²) < 4.78 is 5.42. The summed E-state index contributed by atoms with van der Waals surface area (Å²) in [4.78, 5) is 0. The van der Waals surface area contributed by atoms with Gasteiger partial charge in [0.15, 0.2) is 0 Å². The molecule has 0 heterocycles. The van der Waals surface area contributed by atoms with Crippen molar-refractivity contribution in [2.24, 2.45) is 11.1 Å². The summed E-state index contributed by atoms with van der Waals surface area (Å²) in [6, 6.07) is 4.22. The third-order valence-electron chi connectivity index (χ3n) is 3.39. The zero-order valence-electron chi connectivity index (χ0n) is 12.3. The van der Waals surface area contributed by atoms with Crippen molar-refractivity contribution in [2.75, 3.05) is 25.5 Å². The Morgan fingerprint density at radius 1 is 1.22 bits per heavy atom. The Hall–Kier alpha value is -1.22. The van der Waals surface area contributed by atoms with Gasteiger partial charge in [0.1, 0.15) is 5.75 Å². The lowest BCUT2D eigenvalue weighted by atomic mass is 9.89. The summed E-state index contributed by atoms with van der Waals surface area (Å²) in [5.74, 6) is 0.904. The Kier molecular flexibility index (Phi) is 5.03. The minimum atomic E-state index is 0.193. The van der Waals surface area contributed by atoms with E-state index in [1.807, 2.05) is 0 Å². The van der Waals surface area contributed by atoms with Gasteiger partial charge in [-0.1, -0.05) is 13.8 Å². The molecule has 0 saturated heterocycles. The molecule has 3 heteroatoms. The third-order valence-corrected chi connectivity index (χ3v) is 3.39. The Bertz CT molecular complexity index is 400. The van der Waals surface area contributed by atoms with Crippen LogP contribution in [-0.2, 0) is 0 Å². The first kappa shape index (κ1) is 14.8. The molecule has 0 radical (unpaired) electrons. The van der Waals surface area contributed by atoms with Crippen molar-refractivity contribution in [3.05, 3.63) is 23.3 Å². The molecule has 0 aliphatic heterocycles. The van der Waals surface area contributed by atoms with E-state index >= 15 is 0 Å². The number of methoxy groups -OCH3 is 1. The van der Waals surface area contributed by atoms with Crippen molar-refractivity contribution < 1.29 is 4.74 Å². The van der Waals surface area contributed by atoms with Crippen molar-refractivity contribution in [1.29, 1.82) is 0 Å². The molecule has 0 fully saturated rings. The molecule has 0 aliphatic rings. The lowest BCUT2D eigenvalue weighted by Crippen LogP contribution is -2.26. The van der Waals surface area contributed by atoms with Crippen LogP contribution in [0.15, 0.2) is 12.1 Å². The molecule has 0 unspecified atom stereocenters. The highest BCUT2D eigenvalue weighted by Gasteiger charge is 2.17. The second-order valence-corrected chi connectivity index (χ2v) is 5.69. The zero-order chi connectivity index (χ0) is 13.8. The van der Waals surface area contributed by atoms with Gasteiger partial charge in [-0.2, -0.15) is 0 Å². The molecule has 0 atom stereocenters. The molecule has 18 heavy (non-hydrogen) atoms. The highest BCUT2D eigenvalue weighted by molar-refractivity contribution is 5.60. The number of aryl methyl sites for hydroxylation is 2. The molecule has 102 valence electrons. The van der Waals surface area contributed by atoms with Crippen LogP contribution in [0.2, 0.25) is 0 Å². The van der Waals surface area contributed by atoms with Gasteiger partial charge in [-0.05, 0) is 55.5 Å². The Balaban J connectivity index is 2.81. The standard InChI is InChI=1S/C15H26N2O/c1-11-8-13(14(18-5)9-12(11)2)17-10-15(3,4)6-7-16/h8-9,17H,6-7,10,16H2,1-5H3. The molecule has 0 aliphatic carbocycles. The molecular weight excluding hydrogens is 224 g/mol. The van der Waals surface area contributed by atoms with Crippen molar-refractivity contribution in [2.45, 2.75) is 34.1 Å². The van der Waals surface area contributed by atoms with Crippen LogP contribution < -0.4 is 15.8 Å². The molecule has 3 N–H and O–H groups in total. The monoisotopic (exact) mass is 250 g/mol. The van der Waals surface area contributed by atoms with Crippen LogP contribution in [0.25, 0.3) is 0 Å². The summed E-state index contributed by atoms with van der Waals surface area (Å²) in [5, 5.41) is 3.48. The normalized spacial score (nSPS) is 11.4. The van der Waals surface area contributed by atoms with E-state index in [9.17, 15) is 0 Å². The summed E-state index contributed by atoms with van der Waals surface area (Å²) in [6.45, 7) is 10.3. The van der Waals surface area contributed by atoms with Gasteiger partial charge in [0, 0.05) is 6.54 Å². The van der Waals surface area contributed by atoms with Gasteiger partial charge in [0.05, 0.1) is 12.8 Å². The summed E-state index contributed by atoms with van der Waals surface area (Å²) in [5.41, 5.74) is 9.41. The lowest BCUT2D eigenvalue weighted by Gasteiger charge is -2.25. The number of anilines is 1. The molecule has 0 saturated carbocycles. The van der Waals surface area contributed by atoms with E-state index < -0.39 is 0 Å². The van der Waals surface area contributed by atoms with Gasteiger partial charge in [-0.15, -0.1) is 0 Å². The average molecular weight is 250 g/mol. The summed E-state index contributed by atoms with van der Waals surface area (Å²) in [6.07, 6.45) is 1.01. The number of rotatable bonds is 6. The van der Waals surface area contributed by atoms with E-state index in [-0.39, 0.29) is 5.41 Å². The fraction of sp³-hybridized carbons (Fsp3) is 0.600. The third kappa shape index (κ3) is 3.91. The molecule has 0 aromatic heterocycles. The number of nitrogens with two attached hydrogens (primary N) is 1. The minimum Gasteiger partial charge on any atom is -0.495 e. The molecule has 0 bridgehead atoms. The van der Waals surface area contributed by atoms with Crippen LogP contribution in [0.5, 0.6) is 5.75 Å². The first-order valence-corrected chi connectivity index (χ1v) is 6.49. The van der Waals surface area contributed by atoms with E-state index in [0.29, 0.717) is 0 Å². The summed E-state index contributed by atoms with van der Waals surface area (Å²) >= 11 is 0. The lowest BCUT2D eigenvalue weighted by molar-refractivity contribution is 0.363. The Morgan fingerprint density at radius 2 is 1.83 bits per heavy atom. The molecular formula is C15H26N2O. The maximum absolute atomic E-state index is 5.63. The second kappa shape index (κ2) is 6.10. The van der Waals surface area contributed by atoms with E-state index in [2.05, 4.69) is 45.1 Å². The summed E-state index contributed by atoms with van der Waals surface area (Å²) in [7, 11) is 1.71. The number of hydrogen-bond donors (Lipinski definition) is 2. The van der Waals surface area contributed by atoms with Gasteiger partial charge in [0.25, 0.3) is 0 Å². The van der Waals surface area contributed by atoms with E-state index in [1.54, 1.807) is 7.11 Å². The molecule has 1 rings (SSSR count).